The number of ether oxygens (including phenoxy) is 3. The van der Waals surface area contributed by atoms with Crippen LogP contribution in [0.3, 0.4) is 0 Å². The molecular weight excluding hydrogens is 464 g/mol. The molecule has 2 fully saturated rings. The first-order valence-corrected chi connectivity index (χ1v) is 13.6. The van der Waals surface area contributed by atoms with Gasteiger partial charge in [0, 0.05) is 57.0 Å². The van der Waals surface area contributed by atoms with Gasteiger partial charge in [-0.3, -0.25) is 9.69 Å². The summed E-state index contributed by atoms with van der Waals surface area (Å²) < 4.78 is 16.3. The number of hydrogen-bond acceptors (Lipinski definition) is 8. The van der Waals surface area contributed by atoms with Crippen LogP contribution in [0.5, 0.6) is 11.5 Å². The van der Waals surface area contributed by atoms with Gasteiger partial charge in [0.25, 0.3) is 0 Å². The Morgan fingerprint density at radius 1 is 1.17 bits per heavy atom. The highest BCUT2D eigenvalue weighted by Gasteiger charge is 2.27. The van der Waals surface area contributed by atoms with Crippen LogP contribution < -0.4 is 9.47 Å². The van der Waals surface area contributed by atoms with Gasteiger partial charge in [0.2, 0.25) is 12.7 Å². The van der Waals surface area contributed by atoms with Crippen molar-refractivity contribution >= 4 is 17.7 Å². The highest BCUT2D eigenvalue weighted by Crippen LogP contribution is 2.33. The maximum Gasteiger partial charge on any atom is 0.231 e. The molecule has 0 saturated carbocycles. The minimum Gasteiger partial charge on any atom is -0.454 e. The summed E-state index contributed by atoms with van der Waals surface area (Å²) in [7, 11) is 0. The van der Waals surface area contributed by atoms with Crippen molar-refractivity contribution in [3.05, 3.63) is 41.2 Å². The number of aryl methyl sites for hydroxylation is 2. The van der Waals surface area contributed by atoms with Crippen molar-refractivity contribution in [3.8, 4) is 11.5 Å². The molecule has 3 aliphatic rings. The first-order valence-electron chi connectivity index (χ1n) is 12.6. The Kier molecular flexibility index (Phi) is 8.06. The molecule has 3 aliphatic heterocycles. The van der Waals surface area contributed by atoms with Crippen LogP contribution in [0, 0.1) is 6.92 Å². The van der Waals surface area contributed by atoms with Crippen molar-refractivity contribution in [2.24, 2.45) is 0 Å². The van der Waals surface area contributed by atoms with Crippen LogP contribution in [0.15, 0.2) is 29.6 Å². The molecule has 8 nitrogen and oxygen atoms in total. The molecule has 1 aromatic carbocycles. The molecule has 188 valence electrons. The van der Waals surface area contributed by atoms with Gasteiger partial charge in [0.1, 0.15) is 0 Å². The van der Waals surface area contributed by atoms with E-state index in [1.54, 1.807) is 11.8 Å². The highest BCUT2D eigenvalue weighted by atomic mass is 32.2. The lowest BCUT2D eigenvalue weighted by Crippen LogP contribution is -2.39. The van der Waals surface area contributed by atoms with Crippen LogP contribution in [0.25, 0.3) is 0 Å². The first kappa shape index (κ1) is 24.3. The molecule has 0 radical (unpaired) electrons. The number of likely N-dealkylation sites (tertiary alicyclic amines) is 1. The molecule has 0 aliphatic carbocycles. The Morgan fingerprint density at radius 3 is 2.91 bits per heavy atom. The zero-order chi connectivity index (χ0) is 24.0. The minimum absolute atomic E-state index is 0.208. The van der Waals surface area contributed by atoms with Crippen molar-refractivity contribution < 1.29 is 19.0 Å². The number of rotatable bonds is 8. The van der Waals surface area contributed by atoms with Crippen LogP contribution in [0.4, 0.5) is 0 Å². The highest BCUT2D eigenvalue weighted by molar-refractivity contribution is 7.99. The molecule has 9 heteroatoms. The molecule has 35 heavy (non-hydrogen) atoms. The van der Waals surface area contributed by atoms with E-state index in [1.807, 2.05) is 29.3 Å². The van der Waals surface area contributed by atoms with E-state index in [-0.39, 0.29) is 18.6 Å². The predicted octanol–water partition coefficient (Wildman–Crippen LogP) is 3.28. The van der Waals surface area contributed by atoms with E-state index in [4.69, 9.17) is 19.2 Å². The Balaban J connectivity index is 1.15. The predicted molar refractivity (Wildman–Crippen MR) is 134 cm³/mol. The Bertz CT molecular complexity index is 1030. The van der Waals surface area contributed by atoms with E-state index in [0.29, 0.717) is 12.8 Å². The number of carbonyl (C=O) groups excluding carboxylic acids is 1. The topological polar surface area (TPSA) is 77.0 Å². The molecule has 0 unspecified atom stereocenters. The fraction of sp³-hybridized carbons (Fsp3) is 0.577. The van der Waals surface area contributed by atoms with Crippen molar-refractivity contribution in [2.45, 2.75) is 43.7 Å². The summed E-state index contributed by atoms with van der Waals surface area (Å²) in [4.78, 5) is 27.0. The number of carbonyl (C=O) groups is 1. The SMILES string of the molecule is Cc1cnc(SCCN2CCOCC2)nc1[C@@H]1CCCN(C(=O)CCc2ccc3c(c2)OCO3)C1. The average Bonchev–Trinajstić information content (AvgIpc) is 3.37. The van der Waals surface area contributed by atoms with E-state index >= 15 is 0 Å². The van der Waals surface area contributed by atoms with E-state index in [1.165, 1.54) is 0 Å². The van der Waals surface area contributed by atoms with Crippen LogP contribution >= 0.6 is 11.8 Å². The average molecular weight is 499 g/mol. The van der Waals surface area contributed by atoms with Gasteiger partial charge in [-0.05, 0) is 49.4 Å². The van der Waals surface area contributed by atoms with Crippen LogP contribution in [0.2, 0.25) is 0 Å². The van der Waals surface area contributed by atoms with Gasteiger partial charge in [-0.25, -0.2) is 9.97 Å². The molecule has 0 N–H and O–H groups in total. The molecule has 1 atom stereocenters. The molecular formula is C26H34N4O4S. The summed E-state index contributed by atoms with van der Waals surface area (Å²) in [6.45, 7) is 8.57. The number of piperidine rings is 1. The number of morpholine rings is 1. The minimum atomic E-state index is 0.208. The molecule has 0 spiro atoms. The van der Waals surface area contributed by atoms with E-state index in [2.05, 4.69) is 16.8 Å². The van der Waals surface area contributed by atoms with Crippen molar-refractivity contribution in [1.82, 2.24) is 19.8 Å². The third kappa shape index (κ3) is 6.26. The maximum absolute atomic E-state index is 13.0. The third-order valence-electron chi connectivity index (χ3n) is 6.96. The van der Waals surface area contributed by atoms with Crippen molar-refractivity contribution in [1.29, 1.82) is 0 Å². The van der Waals surface area contributed by atoms with E-state index in [9.17, 15) is 4.79 Å². The van der Waals surface area contributed by atoms with Gasteiger partial charge in [-0.2, -0.15) is 0 Å². The van der Waals surface area contributed by atoms with Gasteiger partial charge in [0.05, 0.1) is 18.9 Å². The first-order chi connectivity index (χ1) is 17.2. The second kappa shape index (κ2) is 11.6. The normalized spacial score (nSPS) is 20.3. The summed E-state index contributed by atoms with van der Waals surface area (Å²) in [5.41, 5.74) is 3.31. The number of nitrogens with zero attached hydrogens (tertiary/aromatic N) is 4. The van der Waals surface area contributed by atoms with Gasteiger partial charge >= 0.3 is 0 Å². The Morgan fingerprint density at radius 2 is 2.03 bits per heavy atom. The smallest absolute Gasteiger partial charge is 0.231 e. The van der Waals surface area contributed by atoms with E-state index < -0.39 is 0 Å². The lowest BCUT2D eigenvalue weighted by Gasteiger charge is -2.33. The number of hydrogen-bond donors (Lipinski definition) is 0. The third-order valence-corrected chi connectivity index (χ3v) is 7.80. The molecule has 5 rings (SSSR count). The molecule has 2 aromatic rings. The second-order valence-electron chi connectivity index (χ2n) is 9.39. The fourth-order valence-electron chi connectivity index (χ4n) is 4.94. The Labute approximate surface area is 211 Å². The molecule has 1 aromatic heterocycles. The van der Waals surface area contributed by atoms with E-state index in [0.717, 1.165) is 98.0 Å². The standard InChI is InChI=1S/C26H34N4O4S/c1-19-16-27-26(35-14-11-29-9-12-32-13-10-29)28-25(19)21-3-2-8-30(17-21)24(31)7-5-20-4-6-22-23(15-20)34-18-33-22/h4,6,15-16,21H,2-3,5,7-14,17-18H2,1H3/t21-/m1/s1. The van der Waals surface area contributed by atoms with Crippen LogP contribution in [-0.2, 0) is 16.0 Å². The van der Waals surface area contributed by atoms with Gasteiger partial charge in [-0.15, -0.1) is 0 Å². The van der Waals surface area contributed by atoms with Crippen molar-refractivity contribution in [3.63, 3.8) is 0 Å². The zero-order valence-electron chi connectivity index (χ0n) is 20.4. The Hall–Kier alpha value is -2.36. The largest absolute Gasteiger partial charge is 0.454 e. The number of thioether (sulfide) groups is 1. The van der Waals surface area contributed by atoms with Gasteiger partial charge in [0.15, 0.2) is 16.7 Å². The summed E-state index contributed by atoms with van der Waals surface area (Å²) in [6, 6.07) is 5.92. The summed E-state index contributed by atoms with van der Waals surface area (Å²) in [5, 5.41) is 0.838. The summed E-state index contributed by atoms with van der Waals surface area (Å²) in [6.07, 6.45) is 5.20. The molecule has 2 saturated heterocycles. The number of fused-ring (bicyclic) bond motifs is 1. The fourth-order valence-corrected chi connectivity index (χ4v) is 5.77. The zero-order valence-corrected chi connectivity index (χ0v) is 21.2. The number of amides is 1. The maximum atomic E-state index is 13.0. The van der Waals surface area contributed by atoms with Crippen LogP contribution in [0.1, 0.15) is 42.0 Å². The molecule has 4 heterocycles. The summed E-state index contributed by atoms with van der Waals surface area (Å²) >= 11 is 1.72. The van der Waals surface area contributed by atoms with Gasteiger partial charge < -0.3 is 19.1 Å². The molecule has 0 bridgehead atoms. The number of aromatic nitrogens is 2. The monoisotopic (exact) mass is 498 g/mol. The second-order valence-corrected chi connectivity index (χ2v) is 10.5. The van der Waals surface area contributed by atoms with Crippen molar-refractivity contribution in [2.75, 3.05) is 58.5 Å². The lowest BCUT2D eigenvalue weighted by atomic mass is 9.92. The molecule has 1 amide bonds. The lowest BCUT2D eigenvalue weighted by molar-refractivity contribution is -0.132. The van der Waals surface area contributed by atoms with Crippen LogP contribution in [-0.4, -0.2) is 84.2 Å². The summed E-state index contributed by atoms with van der Waals surface area (Å²) in [5.74, 6) is 2.99. The number of benzene rings is 1. The quantitative estimate of drug-likeness (QED) is 0.405. The van der Waals surface area contributed by atoms with Gasteiger partial charge in [-0.1, -0.05) is 17.8 Å².